The molecule has 0 aromatic carbocycles. The van der Waals surface area contributed by atoms with E-state index in [2.05, 4.69) is 54.8 Å². The maximum Gasteiger partial charge on any atom is 0.130 e. The van der Waals surface area contributed by atoms with Crippen molar-refractivity contribution in [2.75, 3.05) is 4.95 Å². The minimum absolute atomic E-state index is 0.267. The Kier molecular flexibility index (Phi) is 3.59. The van der Waals surface area contributed by atoms with Crippen LogP contribution in [0.15, 0.2) is 0 Å². The van der Waals surface area contributed by atoms with Gasteiger partial charge >= 0.3 is 0 Å². The maximum absolute atomic E-state index is 3.64. The highest BCUT2D eigenvalue weighted by atomic mass is 79.9. The molecule has 10 heavy (non-hydrogen) atoms. The van der Waals surface area contributed by atoms with Gasteiger partial charge in [-0.3, -0.25) is 0 Å². The molecule has 0 heterocycles. The first kappa shape index (κ1) is 10.7. The fourth-order valence-electron chi connectivity index (χ4n) is 1.05. The third kappa shape index (κ3) is 5.44. The van der Waals surface area contributed by atoms with Crippen LogP contribution in [0.25, 0.3) is 0 Å². The van der Waals surface area contributed by atoms with Crippen LogP contribution < -0.4 is 4.98 Å². The summed E-state index contributed by atoms with van der Waals surface area (Å²) in [6, 6.07) is 0. The summed E-state index contributed by atoms with van der Waals surface area (Å²) in [6.07, 6.45) is 0. The Morgan fingerprint density at radius 1 is 1.30 bits per heavy atom. The molecule has 0 aromatic heterocycles. The molecule has 0 fully saturated rings. The predicted octanol–water partition coefficient (Wildman–Crippen LogP) is 2.51. The van der Waals surface area contributed by atoms with Crippen molar-refractivity contribution in [1.82, 2.24) is 4.98 Å². The molecule has 0 atom stereocenters. The van der Waals surface area contributed by atoms with Gasteiger partial charge < -0.3 is 4.98 Å². The number of hydrogen-bond acceptors (Lipinski definition) is 1. The van der Waals surface area contributed by atoms with Crippen molar-refractivity contribution in [3.05, 3.63) is 0 Å². The third-order valence-electron chi connectivity index (χ3n) is 1.05. The summed E-state index contributed by atoms with van der Waals surface area (Å²) in [7, 11) is -1.15. The number of halogens is 1. The van der Waals surface area contributed by atoms with Crippen LogP contribution in [0.1, 0.15) is 20.8 Å². The molecule has 0 amide bonds. The van der Waals surface area contributed by atoms with Gasteiger partial charge in [-0.05, 0) is 20.8 Å². The fraction of sp³-hybridized carbons (Fsp3) is 1.00. The molecule has 0 aromatic rings. The van der Waals surface area contributed by atoms with E-state index in [1.807, 2.05) is 0 Å². The van der Waals surface area contributed by atoms with Crippen molar-refractivity contribution in [3.63, 3.8) is 0 Å². The number of alkyl halides is 1. The van der Waals surface area contributed by atoms with Gasteiger partial charge in [-0.2, -0.15) is 0 Å². The lowest BCUT2D eigenvalue weighted by atomic mass is 10.1. The van der Waals surface area contributed by atoms with E-state index >= 15 is 0 Å². The number of nitrogens with one attached hydrogen (secondary N) is 1. The molecule has 0 aliphatic carbocycles. The highest BCUT2D eigenvalue weighted by Gasteiger charge is 2.24. The SMILES string of the molecule is CC(C)(C)N[Si](C)(C)CBr. The summed E-state index contributed by atoms with van der Waals surface area (Å²) < 4.78 is 0. The van der Waals surface area contributed by atoms with E-state index in [0.29, 0.717) is 0 Å². The molecule has 0 spiro atoms. The molecule has 3 heteroatoms. The van der Waals surface area contributed by atoms with Crippen LogP contribution in [0.2, 0.25) is 13.1 Å². The molecule has 0 saturated heterocycles. The van der Waals surface area contributed by atoms with Gasteiger partial charge in [0.05, 0.1) is 0 Å². The second-order valence-corrected chi connectivity index (χ2v) is 10.4. The summed E-state index contributed by atoms with van der Waals surface area (Å²) >= 11 is 3.52. The standard InChI is InChI=1S/C7H18BrNSi/c1-7(2,3)9-10(4,5)6-8/h9H,6H2,1-5H3. The Morgan fingerprint density at radius 3 is 1.80 bits per heavy atom. The topological polar surface area (TPSA) is 12.0 Å². The Balaban J connectivity index is 3.89. The van der Waals surface area contributed by atoms with Gasteiger partial charge in [-0.25, -0.2) is 0 Å². The number of rotatable bonds is 2. The first-order chi connectivity index (χ1) is 4.27. The molecule has 0 bridgehead atoms. The molecule has 0 radical (unpaired) electrons. The lowest BCUT2D eigenvalue weighted by Crippen LogP contribution is -2.55. The van der Waals surface area contributed by atoms with E-state index in [9.17, 15) is 0 Å². The lowest BCUT2D eigenvalue weighted by molar-refractivity contribution is 0.513. The van der Waals surface area contributed by atoms with Gasteiger partial charge in [0.2, 0.25) is 0 Å². The van der Waals surface area contributed by atoms with Crippen molar-refractivity contribution >= 4 is 24.2 Å². The fourth-order valence-corrected chi connectivity index (χ4v) is 3.57. The minimum atomic E-state index is -1.15. The zero-order valence-corrected chi connectivity index (χ0v) is 10.2. The lowest BCUT2D eigenvalue weighted by Gasteiger charge is -2.31. The second-order valence-electron chi connectivity index (χ2n) is 4.39. The monoisotopic (exact) mass is 223 g/mol. The highest BCUT2D eigenvalue weighted by Crippen LogP contribution is 2.08. The van der Waals surface area contributed by atoms with Crippen molar-refractivity contribution < 1.29 is 0 Å². The molecule has 62 valence electrons. The van der Waals surface area contributed by atoms with E-state index in [0.717, 1.165) is 4.95 Å². The molecule has 1 nitrogen and oxygen atoms in total. The van der Waals surface area contributed by atoms with Crippen LogP contribution in [0.4, 0.5) is 0 Å². The van der Waals surface area contributed by atoms with Crippen molar-refractivity contribution in [3.8, 4) is 0 Å². The molecule has 0 aliphatic rings. The Hall–Kier alpha value is 0.657. The van der Waals surface area contributed by atoms with Gasteiger partial charge in [0.15, 0.2) is 0 Å². The van der Waals surface area contributed by atoms with Crippen LogP contribution >= 0.6 is 15.9 Å². The van der Waals surface area contributed by atoms with Crippen LogP contribution in [0.5, 0.6) is 0 Å². The van der Waals surface area contributed by atoms with Crippen LogP contribution in [-0.4, -0.2) is 18.7 Å². The zero-order chi connectivity index (χ0) is 8.41. The second kappa shape index (κ2) is 3.37. The minimum Gasteiger partial charge on any atom is -0.332 e. The third-order valence-corrected chi connectivity index (χ3v) is 7.35. The zero-order valence-electron chi connectivity index (χ0n) is 7.59. The molecular weight excluding hydrogens is 206 g/mol. The Morgan fingerprint density at radius 2 is 1.70 bits per heavy atom. The van der Waals surface area contributed by atoms with Crippen molar-refractivity contribution in [2.45, 2.75) is 39.4 Å². The smallest absolute Gasteiger partial charge is 0.130 e. The van der Waals surface area contributed by atoms with E-state index in [4.69, 9.17) is 0 Å². The summed E-state index contributed by atoms with van der Waals surface area (Å²) in [5.74, 6) is 0. The van der Waals surface area contributed by atoms with E-state index < -0.39 is 8.24 Å². The van der Waals surface area contributed by atoms with Gasteiger partial charge in [0, 0.05) is 10.5 Å². The summed E-state index contributed by atoms with van der Waals surface area (Å²) in [5, 5.41) is 0. The molecular formula is C7H18BrNSi. The van der Waals surface area contributed by atoms with E-state index in [1.54, 1.807) is 0 Å². The summed E-state index contributed by atoms with van der Waals surface area (Å²) in [6.45, 7) is 11.3. The first-order valence-electron chi connectivity index (χ1n) is 3.62. The van der Waals surface area contributed by atoms with Crippen LogP contribution in [-0.2, 0) is 0 Å². The molecule has 0 rings (SSSR count). The predicted molar refractivity (Wildman–Crippen MR) is 54.2 cm³/mol. The summed E-state index contributed by atoms with van der Waals surface area (Å²) in [4.78, 5) is 4.76. The van der Waals surface area contributed by atoms with Crippen LogP contribution in [0, 0.1) is 0 Å². The normalized spacial score (nSPS) is 13.8. The van der Waals surface area contributed by atoms with E-state index in [-0.39, 0.29) is 5.54 Å². The molecule has 0 saturated carbocycles. The molecule has 0 unspecified atom stereocenters. The van der Waals surface area contributed by atoms with Gasteiger partial charge in [-0.1, -0.05) is 29.0 Å². The average Bonchev–Trinajstić information content (AvgIpc) is 1.60. The van der Waals surface area contributed by atoms with Crippen LogP contribution in [0.3, 0.4) is 0 Å². The largest absolute Gasteiger partial charge is 0.332 e. The molecule has 1 N–H and O–H groups in total. The van der Waals surface area contributed by atoms with Gasteiger partial charge in [0.1, 0.15) is 8.24 Å². The number of hydrogen-bond donors (Lipinski definition) is 1. The van der Waals surface area contributed by atoms with Gasteiger partial charge in [-0.15, -0.1) is 0 Å². The maximum atomic E-state index is 3.64. The van der Waals surface area contributed by atoms with Crippen molar-refractivity contribution in [2.24, 2.45) is 0 Å². The summed E-state index contributed by atoms with van der Waals surface area (Å²) in [5.41, 5.74) is 0.267. The van der Waals surface area contributed by atoms with E-state index in [1.165, 1.54) is 0 Å². The quantitative estimate of drug-likeness (QED) is 0.561. The van der Waals surface area contributed by atoms with Gasteiger partial charge in [0.25, 0.3) is 0 Å². The Labute approximate surface area is 73.8 Å². The Bertz CT molecular complexity index is 107. The highest BCUT2D eigenvalue weighted by molar-refractivity contribution is 9.09. The average molecular weight is 224 g/mol. The van der Waals surface area contributed by atoms with Crippen molar-refractivity contribution in [1.29, 1.82) is 0 Å². The first-order valence-corrected chi connectivity index (χ1v) is 7.95. The molecule has 0 aliphatic heterocycles.